The molecule has 0 saturated heterocycles. The predicted octanol–water partition coefficient (Wildman–Crippen LogP) is 5.08. The smallest absolute Gasteiger partial charge is 0.365 e. The molecule has 1 N–H and O–H groups in total. The Morgan fingerprint density at radius 2 is 1.95 bits per heavy atom. The van der Waals surface area contributed by atoms with Crippen molar-refractivity contribution < 1.29 is 13.2 Å². The number of nitrogens with one attached hydrogen (secondary N) is 1. The SMILES string of the molecule is FC(F)(F)c1cc(Cl)nc(NCc2ccc(Cl)s2)c1. The van der Waals surface area contributed by atoms with Gasteiger partial charge in [-0.15, -0.1) is 11.3 Å². The average Bonchev–Trinajstić information content (AvgIpc) is 2.71. The largest absolute Gasteiger partial charge is 0.416 e. The number of rotatable bonds is 3. The summed E-state index contributed by atoms with van der Waals surface area (Å²) in [5.74, 6) is 0.0735. The second-order valence-corrected chi connectivity index (χ2v) is 5.81. The molecule has 2 rings (SSSR count). The van der Waals surface area contributed by atoms with Crippen molar-refractivity contribution in [1.29, 1.82) is 0 Å². The van der Waals surface area contributed by atoms with Crippen molar-refractivity contribution in [3.63, 3.8) is 0 Å². The summed E-state index contributed by atoms with van der Waals surface area (Å²) in [6.45, 7) is 0.335. The van der Waals surface area contributed by atoms with Gasteiger partial charge in [-0.1, -0.05) is 23.2 Å². The van der Waals surface area contributed by atoms with E-state index in [9.17, 15) is 13.2 Å². The Hall–Kier alpha value is -0.980. The lowest BCUT2D eigenvalue weighted by Gasteiger charge is -2.10. The quantitative estimate of drug-likeness (QED) is 0.795. The number of thiophene rings is 1. The van der Waals surface area contributed by atoms with E-state index in [4.69, 9.17) is 23.2 Å². The Balaban J connectivity index is 2.14. The molecule has 2 aromatic rings. The Morgan fingerprint density at radius 1 is 1.21 bits per heavy atom. The molecule has 2 nitrogen and oxygen atoms in total. The zero-order chi connectivity index (χ0) is 14.0. The van der Waals surface area contributed by atoms with E-state index in [0.717, 1.165) is 17.0 Å². The summed E-state index contributed by atoms with van der Waals surface area (Å²) in [6.07, 6.45) is -4.45. The third-order valence-corrected chi connectivity index (χ3v) is 3.62. The van der Waals surface area contributed by atoms with Crippen molar-refractivity contribution in [2.45, 2.75) is 12.7 Å². The summed E-state index contributed by atoms with van der Waals surface area (Å²) < 4.78 is 38.4. The second kappa shape index (κ2) is 5.56. The monoisotopic (exact) mass is 326 g/mol. The van der Waals surface area contributed by atoms with Crippen LogP contribution < -0.4 is 5.32 Å². The Labute approximate surface area is 121 Å². The minimum Gasteiger partial charge on any atom is -0.365 e. The lowest BCUT2D eigenvalue weighted by Crippen LogP contribution is -2.08. The van der Waals surface area contributed by atoms with Crippen LogP contribution in [0.4, 0.5) is 19.0 Å². The molecule has 102 valence electrons. The Morgan fingerprint density at radius 3 is 2.53 bits per heavy atom. The highest BCUT2D eigenvalue weighted by Crippen LogP contribution is 2.32. The minimum absolute atomic E-state index is 0.0735. The summed E-state index contributed by atoms with van der Waals surface area (Å²) in [5.41, 5.74) is -0.834. The van der Waals surface area contributed by atoms with Crippen molar-refractivity contribution in [2.75, 3.05) is 5.32 Å². The molecule has 0 spiro atoms. The molecule has 0 fully saturated rings. The zero-order valence-electron chi connectivity index (χ0n) is 9.26. The summed E-state index contributed by atoms with van der Waals surface area (Å²) in [6, 6.07) is 5.21. The fourth-order valence-electron chi connectivity index (χ4n) is 1.38. The van der Waals surface area contributed by atoms with Crippen LogP contribution in [0.25, 0.3) is 0 Å². The maximum absolute atomic E-state index is 12.6. The fraction of sp³-hybridized carbons (Fsp3) is 0.182. The normalized spacial score (nSPS) is 11.6. The first-order valence-electron chi connectivity index (χ1n) is 5.07. The molecule has 0 aliphatic rings. The molecule has 2 aromatic heterocycles. The molecular weight excluding hydrogens is 320 g/mol. The van der Waals surface area contributed by atoms with Gasteiger partial charge in [0.1, 0.15) is 11.0 Å². The Kier molecular flexibility index (Phi) is 4.23. The molecule has 0 amide bonds. The van der Waals surface area contributed by atoms with Gasteiger partial charge in [0.25, 0.3) is 0 Å². The van der Waals surface area contributed by atoms with Crippen molar-refractivity contribution in [1.82, 2.24) is 4.98 Å². The van der Waals surface area contributed by atoms with E-state index in [0.29, 0.717) is 10.9 Å². The first-order chi connectivity index (χ1) is 8.84. The van der Waals surface area contributed by atoms with Gasteiger partial charge in [-0.25, -0.2) is 4.98 Å². The summed E-state index contributed by atoms with van der Waals surface area (Å²) in [4.78, 5) is 4.68. The van der Waals surface area contributed by atoms with Gasteiger partial charge in [-0.05, 0) is 24.3 Å². The van der Waals surface area contributed by atoms with E-state index in [1.807, 2.05) is 0 Å². The van der Waals surface area contributed by atoms with Crippen molar-refractivity contribution >= 4 is 40.4 Å². The number of anilines is 1. The fourth-order valence-corrected chi connectivity index (χ4v) is 2.61. The van der Waals surface area contributed by atoms with E-state index in [1.54, 1.807) is 12.1 Å². The van der Waals surface area contributed by atoms with Crippen LogP contribution in [-0.2, 0) is 12.7 Å². The maximum atomic E-state index is 12.6. The number of hydrogen-bond donors (Lipinski definition) is 1. The summed E-state index contributed by atoms with van der Waals surface area (Å²) in [5, 5.41) is 2.58. The highest BCUT2D eigenvalue weighted by molar-refractivity contribution is 7.16. The van der Waals surface area contributed by atoms with Crippen LogP contribution in [0.2, 0.25) is 9.49 Å². The standard InChI is InChI=1S/C11H7Cl2F3N2S/c12-8-3-6(11(14,15)16)4-10(18-8)17-5-7-1-2-9(13)19-7/h1-4H,5H2,(H,17,18). The number of halogens is 5. The highest BCUT2D eigenvalue weighted by atomic mass is 35.5. The van der Waals surface area contributed by atoms with Gasteiger partial charge >= 0.3 is 6.18 Å². The van der Waals surface area contributed by atoms with Gasteiger partial charge in [0.05, 0.1) is 16.4 Å². The van der Waals surface area contributed by atoms with Crippen LogP contribution in [-0.4, -0.2) is 4.98 Å². The second-order valence-electron chi connectivity index (χ2n) is 3.62. The Bertz CT molecular complexity index is 584. The van der Waals surface area contributed by atoms with Gasteiger partial charge in [0.2, 0.25) is 0 Å². The van der Waals surface area contributed by atoms with Crippen LogP contribution in [0.15, 0.2) is 24.3 Å². The first-order valence-corrected chi connectivity index (χ1v) is 6.65. The molecule has 0 unspecified atom stereocenters. The van der Waals surface area contributed by atoms with Crippen molar-refractivity contribution in [3.05, 3.63) is 44.2 Å². The zero-order valence-corrected chi connectivity index (χ0v) is 11.6. The molecule has 0 atom stereocenters. The molecule has 0 bridgehead atoms. The molecule has 8 heteroatoms. The molecular formula is C11H7Cl2F3N2S. The van der Waals surface area contributed by atoms with E-state index in [2.05, 4.69) is 10.3 Å². The number of nitrogens with zero attached hydrogens (tertiary/aromatic N) is 1. The first kappa shape index (κ1) is 14.4. The van der Waals surface area contributed by atoms with Crippen LogP contribution in [0.1, 0.15) is 10.4 Å². The van der Waals surface area contributed by atoms with E-state index in [1.165, 1.54) is 11.3 Å². The number of alkyl halides is 3. The van der Waals surface area contributed by atoms with Crippen LogP contribution >= 0.6 is 34.5 Å². The molecule has 2 heterocycles. The molecule has 0 aliphatic heterocycles. The lowest BCUT2D eigenvalue weighted by molar-refractivity contribution is -0.137. The third kappa shape index (κ3) is 3.99. The number of aromatic nitrogens is 1. The molecule has 0 aliphatic carbocycles. The van der Waals surface area contributed by atoms with Gasteiger partial charge in [0, 0.05) is 4.88 Å². The van der Waals surface area contributed by atoms with Gasteiger partial charge in [-0.3, -0.25) is 0 Å². The van der Waals surface area contributed by atoms with E-state index in [-0.39, 0.29) is 11.0 Å². The summed E-state index contributed by atoms with van der Waals surface area (Å²) >= 11 is 12.7. The van der Waals surface area contributed by atoms with Gasteiger partial charge in [-0.2, -0.15) is 13.2 Å². The number of pyridine rings is 1. The topological polar surface area (TPSA) is 24.9 Å². The predicted molar refractivity (Wildman–Crippen MR) is 70.9 cm³/mol. The highest BCUT2D eigenvalue weighted by Gasteiger charge is 2.31. The van der Waals surface area contributed by atoms with Crippen LogP contribution in [0.3, 0.4) is 0 Å². The van der Waals surface area contributed by atoms with Crippen molar-refractivity contribution in [3.8, 4) is 0 Å². The van der Waals surface area contributed by atoms with Gasteiger partial charge in [0.15, 0.2) is 0 Å². The molecule has 19 heavy (non-hydrogen) atoms. The van der Waals surface area contributed by atoms with Crippen LogP contribution in [0.5, 0.6) is 0 Å². The van der Waals surface area contributed by atoms with E-state index >= 15 is 0 Å². The molecule has 0 saturated carbocycles. The summed E-state index contributed by atoms with van der Waals surface area (Å²) in [7, 11) is 0. The number of hydrogen-bond acceptors (Lipinski definition) is 3. The maximum Gasteiger partial charge on any atom is 0.416 e. The van der Waals surface area contributed by atoms with E-state index < -0.39 is 11.7 Å². The van der Waals surface area contributed by atoms with Crippen LogP contribution in [0, 0.1) is 0 Å². The van der Waals surface area contributed by atoms with Gasteiger partial charge < -0.3 is 5.32 Å². The average molecular weight is 327 g/mol. The third-order valence-electron chi connectivity index (χ3n) is 2.19. The lowest BCUT2D eigenvalue weighted by atomic mass is 10.2. The minimum atomic E-state index is -4.45. The molecule has 0 aromatic carbocycles. The van der Waals surface area contributed by atoms with Crippen molar-refractivity contribution in [2.24, 2.45) is 0 Å². The molecule has 0 radical (unpaired) electrons.